The Morgan fingerprint density at radius 1 is 0.968 bits per heavy atom. The number of aromatic nitrogens is 3. The molecule has 0 aliphatic rings. The Morgan fingerprint density at radius 2 is 1.74 bits per heavy atom. The highest BCUT2D eigenvalue weighted by molar-refractivity contribution is 7.99. The predicted octanol–water partition coefficient (Wildman–Crippen LogP) is 5.20. The number of furan rings is 1. The van der Waals surface area contributed by atoms with Crippen molar-refractivity contribution in [1.82, 2.24) is 14.8 Å². The molecule has 0 fully saturated rings. The van der Waals surface area contributed by atoms with Gasteiger partial charge in [-0.3, -0.25) is 4.57 Å². The molecule has 0 spiro atoms. The predicted molar refractivity (Wildman–Crippen MR) is 122 cm³/mol. The van der Waals surface area contributed by atoms with Gasteiger partial charge in [0.1, 0.15) is 5.76 Å². The zero-order valence-electron chi connectivity index (χ0n) is 16.5. The maximum atomic E-state index is 12.5. The molecule has 2 heterocycles. The third-order valence-electron chi connectivity index (χ3n) is 4.60. The van der Waals surface area contributed by atoms with Crippen molar-refractivity contribution in [3.8, 4) is 11.4 Å². The molecule has 9 heteroatoms. The van der Waals surface area contributed by atoms with Gasteiger partial charge in [-0.2, -0.15) is 0 Å². The largest absolute Gasteiger partial charge is 0.467 e. The summed E-state index contributed by atoms with van der Waals surface area (Å²) < 4.78 is 32.4. The average Bonchev–Trinajstić information content (AvgIpc) is 3.43. The molecular formula is C22H20ClN3O3S2. The van der Waals surface area contributed by atoms with E-state index < -0.39 is 9.84 Å². The van der Waals surface area contributed by atoms with Crippen LogP contribution in [0.1, 0.15) is 12.2 Å². The fourth-order valence-corrected chi connectivity index (χ4v) is 5.58. The van der Waals surface area contributed by atoms with Gasteiger partial charge < -0.3 is 4.42 Å². The summed E-state index contributed by atoms with van der Waals surface area (Å²) in [5.74, 6) is 2.17. The molecule has 160 valence electrons. The third kappa shape index (κ3) is 5.39. The van der Waals surface area contributed by atoms with Gasteiger partial charge in [-0.15, -0.1) is 10.2 Å². The first-order chi connectivity index (χ1) is 15.0. The molecule has 31 heavy (non-hydrogen) atoms. The summed E-state index contributed by atoms with van der Waals surface area (Å²) in [5.41, 5.74) is 0.891. The Labute approximate surface area is 190 Å². The average molecular weight is 474 g/mol. The van der Waals surface area contributed by atoms with Crippen molar-refractivity contribution in [2.24, 2.45) is 0 Å². The van der Waals surface area contributed by atoms with Crippen LogP contribution in [0.5, 0.6) is 0 Å². The molecule has 2 aromatic carbocycles. The topological polar surface area (TPSA) is 78.0 Å². The minimum atomic E-state index is -3.29. The minimum absolute atomic E-state index is 0.0837. The number of sulfone groups is 1. The number of thioether (sulfide) groups is 1. The summed E-state index contributed by atoms with van der Waals surface area (Å²) in [5, 5.41) is 10.1. The molecule has 4 aromatic rings. The van der Waals surface area contributed by atoms with E-state index in [1.165, 1.54) is 11.8 Å². The Hall–Kier alpha value is -2.55. The summed E-state index contributed by atoms with van der Waals surface area (Å²) in [4.78, 5) is 0.353. The molecule has 0 unspecified atom stereocenters. The fraction of sp³-hybridized carbons (Fsp3) is 0.182. The first-order valence-corrected chi connectivity index (χ1v) is 12.7. The molecule has 0 saturated heterocycles. The van der Waals surface area contributed by atoms with Crippen LogP contribution in [0.3, 0.4) is 0 Å². The van der Waals surface area contributed by atoms with Gasteiger partial charge in [0.15, 0.2) is 20.8 Å². The maximum absolute atomic E-state index is 12.5. The van der Waals surface area contributed by atoms with Gasteiger partial charge in [0.05, 0.1) is 23.5 Å². The van der Waals surface area contributed by atoms with Crippen LogP contribution in [0.2, 0.25) is 5.02 Å². The quantitative estimate of drug-likeness (QED) is 0.246. The smallest absolute Gasteiger partial charge is 0.191 e. The van der Waals surface area contributed by atoms with Crippen LogP contribution >= 0.6 is 23.4 Å². The molecule has 0 amide bonds. The number of nitrogens with zero attached hydrogens (tertiary/aromatic N) is 3. The molecule has 0 radical (unpaired) electrons. The van der Waals surface area contributed by atoms with Gasteiger partial charge in [-0.25, -0.2) is 8.42 Å². The monoisotopic (exact) mass is 473 g/mol. The standard InChI is InChI=1S/C22H20ClN3O3S2/c23-18-11-9-17(10-12-18)21-24-25-22(26(21)16-19-6-4-13-29-19)30-14-5-15-31(27,28)20-7-2-1-3-8-20/h1-4,6-13H,5,14-16H2. The van der Waals surface area contributed by atoms with Gasteiger partial charge in [0.2, 0.25) is 0 Å². The molecule has 0 N–H and O–H groups in total. The van der Waals surface area contributed by atoms with Crippen molar-refractivity contribution in [3.63, 3.8) is 0 Å². The lowest BCUT2D eigenvalue weighted by Crippen LogP contribution is -2.08. The van der Waals surface area contributed by atoms with E-state index in [1.54, 1.807) is 36.6 Å². The summed E-state index contributed by atoms with van der Waals surface area (Å²) in [7, 11) is -3.29. The molecule has 4 rings (SSSR count). The number of hydrogen-bond donors (Lipinski definition) is 0. The highest BCUT2D eigenvalue weighted by atomic mass is 35.5. The zero-order valence-corrected chi connectivity index (χ0v) is 18.9. The molecule has 0 atom stereocenters. The van der Waals surface area contributed by atoms with Crippen LogP contribution in [0, 0.1) is 0 Å². The van der Waals surface area contributed by atoms with Crippen molar-refractivity contribution < 1.29 is 12.8 Å². The van der Waals surface area contributed by atoms with Crippen LogP contribution in [0.4, 0.5) is 0 Å². The third-order valence-corrected chi connectivity index (χ3v) is 7.73. The molecule has 0 saturated carbocycles. The summed E-state index contributed by atoms with van der Waals surface area (Å²) in [6.07, 6.45) is 2.13. The summed E-state index contributed by atoms with van der Waals surface area (Å²) >= 11 is 7.49. The lowest BCUT2D eigenvalue weighted by Gasteiger charge is -2.09. The van der Waals surface area contributed by atoms with Crippen molar-refractivity contribution in [2.75, 3.05) is 11.5 Å². The van der Waals surface area contributed by atoms with E-state index in [0.29, 0.717) is 39.6 Å². The second-order valence-corrected chi connectivity index (χ2v) is 10.4. The first kappa shape index (κ1) is 21.7. The van der Waals surface area contributed by atoms with Gasteiger partial charge in [0.25, 0.3) is 0 Å². The number of hydrogen-bond acceptors (Lipinski definition) is 6. The highest BCUT2D eigenvalue weighted by Gasteiger charge is 2.17. The summed E-state index contributed by atoms with van der Waals surface area (Å²) in [6, 6.07) is 19.7. The minimum Gasteiger partial charge on any atom is -0.467 e. The van der Waals surface area contributed by atoms with Crippen LogP contribution < -0.4 is 0 Å². The second-order valence-electron chi connectivity index (χ2n) is 6.81. The van der Waals surface area contributed by atoms with E-state index in [9.17, 15) is 8.42 Å². The van der Waals surface area contributed by atoms with Crippen molar-refractivity contribution in [3.05, 3.63) is 83.8 Å². The fourth-order valence-electron chi connectivity index (χ4n) is 3.07. The molecule has 6 nitrogen and oxygen atoms in total. The maximum Gasteiger partial charge on any atom is 0.191 e. The number of halogens is 1. The van der Waals surface area contributed by atoms with Gasteiger partial charge in [-0.1, -0.05) is 41.6 Å². The number of benzene rings is 2. The van der Waals surface area contributed by atoms with E-state index in [0.717, 1.165) is 11.3 Å². The lowest BCUT2D eigenvalue weighted by atomic mass is 10.2. The van der Waals surface area contributed by atoms with Gasteiger partial charge in [0, 0.05) is 16.3 Å². The van der Waals surface area contributed by atoms with Crippen molar-refractivity contribution in [1.29, 1.82) is 0 Å². The van der Waals surface area contributed by atoms with Crippen molar-refractivity contribution >= 4 is 33.2 Å². The van der Waals surface area contributed by atoms with Crippen molar-refractivity contribution in [2.45, 2.75) is 23.0 Å². The van der Waals surface area contributed by atoms with E-state index >= 15 is 0 Å². The number of rotatable bonds is 9. The van der Waals surface area contributed by atoms with E-state index in [1.807, 2.05) is 41.0 Å². The zero-order chi connectivity index (χ0) is 21.7. The normalized spacial score (nSPS) is 11.6. The van der Waals surface area contributed by atoms with Gasteiger partial charge >= 0.3 is 0 Å². The van der Waals surface area contributed by atoms with E-state index in [2.05, 4.69) is 10.2 Å². The Balaban J connectivity index is 1.48. The molecule has 0 aliphatic heterocycles. The van der Waals surface area contributed by atoms with Crippen LogP contribution in [0.15, 0.2) is 87.5 Å². The molecule has 2 aromatic heterocycles. The molecule has 0 aliphatic carbocycles. The summed E-state index contributed by atoms with van der Waals surface area (Å²) in [6.45, 7) is 0.475. The Morgan fingerprint density at radius 3 is 2.45 bits per heavy atom. The SMILES string of the molecule is O=S(=O)(CCCSc1nnc(-c2ccc(Cl)cc2)n1Cc1ccco1)c1ccccc1. The Bertz CT molecular complexity index is 1220. The highest BCUT2D eigenvalue weighted by Crippen LogP contribution is 2.27. The van der Waals surface area contributed by atoms with E-state index in [4.69, 9.17) is 16.0 Å². The van der Waals surface area contributed by atoms with E-state index in [-0.39, 0.29) is 5.75 Å². The first-order valence-electron chi connectivity index (χ1n) is 9.65. The Kier molecular flexibility index (Phi) is 6.80. The van der Waals surface area contributed by atoms with Gasteiger partial charge in [-0.05, 0) is 55.0 Å². The molecular weight excluding hydrogens is 454 g/mol. The van der Waals surface area contributed by atoms with Crippen LogP contribution in [-0.4, -0.2) is 34.7 Å². The molecule has 0 bridgehead atoms. The second kappa shape index (κ2) is 9.72. The van der Waals surface area contributed by atoms with Crippen LogP contribution in [0.25, 0.3) is 11.4 Å². The van der Waals surface area contributed by atoms with Crippen LogP contribution in [-0.2, 0) is 16.4 Å². The lowest BCUT2D eigenvalue weighted by molar-refractivity contribution is 0.485.